The van der Waals surface area contributed by atoms with Crippen LogP contribution in [0.2, 0.25) is 0 Å². The second-order valence-electron chi connectivity index (χ2n) is 7.32. The third-order valence-corrected chi connectivity index (χ3v) is 4.08. The molecule has 0 heterocycles. The monoisotopic (exact) mass is 363 g/mol. The number of amides is 2. The summed E-state index contributed by atoms with van der Waals surface area (Å²) in [6.45, 7) is 7.45. The lowest BCUT2D eigenvalue weighted by molar-refractivity contribution is -0.0167. The first kappa shape index (κ1) is 20.2. The van der Waals surface area contributed by atoms with Gasteiger partial charge < -0.3 is 0 Å². The van der Waals surface area contributed by atoms with Gasteiger partial charge in [-0.2, -0.15) is 5.26 Å². The van der Waals surface area contributed by atoms with Gasteiger partial charge in [-0.1, -0.05) is 43.7 Å². The fourth-order valence-electron chi connectivity index (χ4n) is 2.80. The van der Waals surface area contributed by atoms with E-state index in [0.29, 0.717) is 11.1 Å². The van der Waals surface area contributed by atoms with E-state index in [1.807, 2.05) is 24.4 Å². The van der Waals surface area contributed by atoms with Crippen molar-refractivity contribution >= 4 is 11.8 Å². The van der Waals surface area contributed by atoms with Crippen LogP contribution in [0, 0.1) is 11.5 Å². The minimum atomic E-state index is -0.763. The number of aryl methyl sites for hydroxylation is 1. The van der Waals surface area contributed by atoms with Crippen molar-refractivity contribution in [2.75, 3.05) is 0 Å². The van der Waals surface area contributed by atoms with Gasteiger partial charge in [0, 0.05) is 11.1 Å². The molecule has 0 bridgehead atoms. The molecule has 0 atom stereocenters. The topological polar surface area (TPSA) is 64.4 Å². The smallest absolute Gasteiger partial charge is 0.267 e. The Labute approximate surface area is 160 Å². The summed E-state index contributed by atoms with van der Waals surface area (Å²) in [6.07, 6.45) is 3.83. The van der Waals surface area contributed by atoms with Gasteiger partial charge in [0.2, 0.25) is 6.19 Å². The van der Waals surface area contributed by atoms with E-state index in [2.05, 4.69) is 6.92 Å². The zero-order valence-electron chi connectivity index (χ0n) is 16.3. The minimum Gasteiger partial charge on any atom is -0.267 e. The van der Waals surface area contributed by atoms with Crippen molar-refractivity contribution in [1.29, 1.82) is 5.26 Å². The van der Waals surface area contributed by atoms with E-state index < -0.39 is 17.4 Å². The molecule has 0 unspecified atom stereocenters. The Hall–Kier alpha value is -3.13. The van der Waals surface area contributed by atoms with E-state index in [0.717, 1.165) is 23.4 Å². The van der Waals surface area contributed by atoms with Crippen LogP contribution >= 0.6 is 0 Å². The van der Waals surface area contributed by atoms with Crippen molar-refractivity contribution < 1.29 is 9.59 Å². The highest BCUT2D eigenvalue weighted by atomic mass is 16.2. The number of hydrazine groups is 1. The maximum atomic E-state index is 13.0. The predicted molar refractivity (Wildman–Crippen MR) is 105 cm³/mol. The second-order valence-corrected chi connectivity index (χ2v) is 7.32. The lowest BCUT2D eigenvalue weighted by Gasteiger charge is -2.39. The predicted octanol–water partition coefficient (Wildman–Crippen LogP) is 4.42. The van der Waals surface area contributed by atoms with Gasteiger partial charge >= 0.3 is 0 Å². The maximum absolute atomic E-state index is 13.0. The number of nitriles is 1. The van der Waals surface area contributed by atoms with Crippen LogP contribution in [0.5, 0.6) is 0 Å². The van der Waals surface area contributed by atoms with Crippen LogP contribution in [0.1, 0.15) is 60.4 Å². The van der Waals surface area contributed by atoms with Gasteiger partial charge in [-0.25, -0.2) is 5.01 Å². The molecule has 0 fully saturated rings. The SMILES string of the molecule is CCCc1ccc(C(=O)N(C#N)N(C(=O)c2ccccc2)C(C)(C)C)cc1. The van der Waals surface area contributed by atoms with Gasteiger partial charge in [0.05, 0.1) is 5.54 Å². The van der Waals surface area contributed by atoms with Crippen LogP contribution in [0.4, 0.5) is 0 Å². The number of carbonyl (C=O) groups is 2. The fourth-order valence-corrected chi connectivity index (χ4v) is 2.80. The van der Waals surface area contributed by atoms with E-state index >= 15 is 0 Å². The van der Waals surface area contributed by atoms with Gasteiger partial charge in [-0.05, 0) is 57.0 Å². The molecule has 2 aromatic rings. The van der Waals surface area contributed by atoms with Crippen molar-refractivity contribution in [3.8, 4) is 6.19 Å². The van der Waals surface area contributed by atoms with Crippen molar-refractivity contribution in [1.82, 2.24) is 10.0 Å². The third kappa shape index (κ3) is 4.73. The molecular weight excluding hydrogens is 338 g/mol. The molecule has 5 nitrogen and oxygen atoms in total. The molecule has 0 aliphatic carbocycles. The zero-order valence-corrected chi connectivity index (χ0v) is 16.3. The molecule has 140 valence electrons. The van der Waals surface area contributed by atoms with Gasteiger partial charge in [-0.15, -0.1) is 5.01 Å². The number of hydrogen-bond acceptors (Lipinski definition) is 3. The molecule has 0 aliphatic rings. The van der Waals surface area contributed by atoms with Crippen LogP contribution < -0.4 is 0 Å². The summed E-state index contributed by atoms with van der Waals surface area (Å²) in [4.78, 5) is 26.0. The Balaban J connectivity index is 2.39. The van der Waals surface area contributed by atoms with Gasteiger partial charge in [0.15, 0.2) is 0 Å². The standard InChI is InChI=1S/C22H25N3O2/c1-5-9-17-12-14-19(15-13-17)20(26)24(16-23)25(22(2,3)4)21(27)18-10-7-6-8-11-18/h6-8,10-15H,5,9H2,1-4H3. The number of rotatable bonds is 4. The molecule has 2 aromatic carbocycles. The lowest BCUT2D eigenvalue weighted by Crippen LogP contribution is -2.56. The molecule has 27 heavy (non-hydrogen) atoms. The zero-order chi connectivity index (χ0) is 20.0. The van der Waals surface area contributed by atoms with Crippen molar-refractivity contribution in [3.63, 3.8) is 0 Å². The third-order valence-electron chi connectivity index (χ3n) is 4.08. The molecule has 2 amide bonds. The quantitative estimate of drug-likeness (QED) is 0.459. The summed E-state index contributed by atoms with van der Waals surface area (Å²) in [5.74, 6) is -0.930. The first-order chi connectivity index (χ1) is 12.8. The van der Waals surface area contributed by atoms with Crippen LogP contribution in [0.3, 0.4) is 0 Å². The van der Waals surface area contributed by atoms with E-state index in [-0.39, 0.29) is 0 Å². The number of carbonyl (C=O) groups excluding carboxylic acids is 2. The first-order valence-electron chi connectivity index (χ1n) is 9.02. The molecule has 0 aliphatic heterocycles. The van der Waals surface area contributed by atoms with E-state index in [1.165, 1.54) is 5.01 Å². The van der Waals surface area contributed by atoms with Crippen LogP contribution in [0.15, 0.2) is 54.6 Å². The number of benzene rings is 2. The van der Waals surface area contributed by atoms with E-state index in [4.69, 9.17) is 0 Å². The molecule has 0 aromatic heterocycles. The van der Waals surface area contributed by atoms with Crippen LogP contribution in [-0.2, 0) is 6.42 Å². The largest absolute Gasteiger partial charge is 0.286 e. The number of nitrogens with zero attached hydrogens (tertiary/aromatic N) is 3. The molecule has 0 radical (unpaired) electrons. The highest BCUT2D eigenvalue weighted by molar-refractivity contribution is 6.00. The first-order valence-corrected chi connectivity index (χ1v) is 9.02. The van der Waals surface area contributed by atoms with E-state index in [1.54, 1.807) is 57.2 Å². The Morgan fingerprint density at radius 3 is 1.96 bits per heavy atom. The van der Waals surface area contributed by atoms with E-state index in [9.17, 15) is 14.9 Å². The second kappa shape index (κ2) is 8.50. The Kier molecular flexibility index (Phi) is 6.36. The average molecular weight is 363 g/mol. The summed E-state index contributed by atoms with van der Waals surface area (Å²) >= 11 is 0. The number of hydrogen-bond donors (Lipinski definition) is 0. The maximum Gasteiger partial charge on any atom is 0.286 e. The highest BCUT2D eigenvalue weighted by Gasteiger charge is 2.36. The van der Waals surface area contributed by atoms with Crippen LogP contribution in [0.25, 0.3) is 0 Å². The van der Waals surface area contributed by atoms with Crippen molar-refractivity contribution in [3.05, 3.63) is 71.3 Å². The molecule has 0 saturated heterocycles. The fraction of sp³-hybridized carbons (Fsp3) is 0.318. The minimum absolute atomic E-state index is 0.367. The highest BCUT2D eigenvalue weighted by Crippen LogP contribution is 2.22. The van der Waals surface area contributed by atoms with Crippen LogP contribution in [-0.4, -0.2) is 27.4 Å². The molecule has 0 N–H and O–H groups in total. The van der Waals surface area contributed by atoms with Gasteiger partial charge in [-0.3, -0.25) is 9.59 Å². The van der Waals surface area contributed by atoms with Crippen molar-refractivity contribution in [2.24, 2.45) is 0 Å². The molecule has 5 heteroatoms. The van der Waals surface area contributed by atoms with Gasteiger partial charge in [0.1, 0.15) is 0 Å². The summed E-state index contributed by atoms with van der Waals surface area (Å²) in [7, 11) is 0. The average Bonchev–Trinajstić information content (AvgIpc) is 2.65. The molecule has 0 saturated carbocycles. The van der Waals surface area contributed by atoms with Crippen molar-refractivity contribution in [2.45, 2.75) is 46.1 Å². The summed E-state index contributed by atoms with van der Waals surface area (Å²) in [5, 5.41) is 11.8. The molecule has 2 rings (SSSR count). The summed E-state index contributed by atoms with van der Waals surface area (Å²) < 4.78 is 0. The Morgan fingerprint density at radius 1 is 0.926 bits per heavy atom. The summed E-state index contributed by atoms with van der Waals surface area (Å²) in [5.41, 5.74) is 1.15. The normalized spacial score (nSPS) is 10.8. The summed E-state index contributed by atoms with van der Waals surface area (Å²) in [6, 6.07) is 15.8. The molecule has 0 spiro atoms. The van der Waals surface area contributed by atoms with Gasteiger partial charge in [0.25, 0.3) is 11.8 Å². The Bertz CT molecular complexity index is 831. The lowest BCUT2D eigenvalue weighted by atomic mass is 10.1. The Morgan fingerprint density at radius 2 is 1.48 bits per heavy atom. The molecular formula is C22H25N3O2.